The van der Waals surface area contributed by atoms with E-state index in [-0.39, 0.29) is 11.9 Å². The number of aromatic nitrogens is 3. The summed E-state index contributed by atoms with van der Waals surface area (Å²) in [5.41, 5.74) is 7.24. The van der Waals surface area contributed by atoms with E-state index in [9.17, 15) is 4.79 Å². The number of rotatable bonds is 3. The van der Waals surface area contributed by atoms with Crippen molar-refractivity contribution in [1.82, 2.24) is 20.1 Å². The average Bonchev–Trinajstić information content (AvgIpc) is 3.09. The maximum absolute atomic E-state index is 12.2. The van der Waals surface area contributed by atoms with E-state index in [1.807, 2.05) is 0 Å². The fourth-order valence-electron chi connectivity index (χ4n) is 2.56. The summed E-state index contributed by atoms with van der Waals surface area (Å²) in [5, 5.41) is 7.20. The predicted molar refractivity (Wildman–Crippen MR) is 75.5 cm³/mol. The molecular formula is C14H17N5O. The largest absolute Gasteiger partial charge is 0.383 e. The van der Waals surface area contributed by atoms with Gasteiger partial charge in [-0.2, -0.15) is 5.10 Å². The molecule has 1 amide bonds. The first-order valence-corrected chi connectivity index (χ1v) is 6.80. The van der Waals surface area contributed by atoms with Gasteiger partial charge in [0.05, 0.1) is 11.9 Å². The van der Waals surface area contributed by atoms with Gasteiger partial charge in [0.25, 0.3) is 5.91 Å². The maximum Gasteiger partial charge on any atom is 0.256 e. The number of hydrogen-bond acceptors (Lipinski definition) is 4. The van der Waals surface area contributed by atoms with Crippen molar-refractivity contribution in [1.29, 1.82) is 0 Å². The van der Waals surface area contributed by atoms with Gasteiger partial charge in [0.15, 0.2) is 0 Å². The summed E-state index contributed by atoms with van der Waals surface area (Å²) in [6, 6.07) is 3.86. The summed E-state index contributed by atoms with van der Waals surface area (Å²) in [6.07, 6.45) is 9.28. The molecule has 0 unspecified atom stereocenters. The Hall–Kier alpha value is -2.37. The molecule has 0 saturated heterocycles. The first kappa shape index (κ1) is 12.7. The van der Waals surface area contributed by atoms with Gasteiger partial charge in [-0.1, -0.05) is 12.8 Å². The van der Waals surface area contributed by atoms with Crippen LogP contribution in [0.25, 0.3) is 5.69 Å². The van der Waals surface area contributed by atoms with Crippen LogP contribution in [0.1, 0.15) is 36.0 Å². The van der Waals surface area contributed by atoms with Gasteiger partial charge < -0.3 is 11.1 Å². The van der Waals surface area contributed by atoms with Crippen molar-refractivity contribution in [2.24, 2.45) is 0 Å². The van der Waals surface area contributed by atoms with Gasteiger partial charge >= 0.3 is 0 Å². The number of hydrogen-bond donors (Lipinski definition) is 2. The van der Waals surface area contributed by atoms with E-state index in [1.54, 1.807) is 29.2 Å². The lowest BCUT2D eigenvalue weighted by atomic mass is 10.2. The van der Waals surface area contributed by atoms with Crippen molar-refractivity contribution < 1.29 is 4.79 Å². The molecule has 0 aliphatic heterocycles. The molecule has 0 radical (unpaired) electrons. The molecular weight excluding hydrogens is 254 g/mol. The molecule has 3 rings (SSSR count). The molecule has 0 bridgehead atoms. The zero-order chi connectivity index (χ0) is 13.9. The molecule has 104 valence electrons. The Morgan fingerprint density at radius 1 is 1.30 bits per heavy atom. The summed E-state index contributed by atoms with van der Waals surface area (Å²) in [7, 11) is 0. The van der Waals surface area contributed by atoms with E-state index in [4.69, 9.17) is 5.73 Å². The topological polar surface area (TPSA) is 85.8 Å². The molecule has 2 aromatic heterocycles. The molecule has 1 fully saturated rings. The van der Waals surface area contributed by atoms with Crippen LogP contribution in [-0.2, 0) is 0 Å². The van der Waals surface area contributed by atoms with Gasteiger partial charge in [-0.3, -0.25) is 9.78 Å². The van der Waals surface area contributed by atoms with Crippen LogP contribution in [0.15, 0.2) is 30.7 Å². The van der Waals surface area contributed by atoms with Crippen LogP contribution in [0.2, 0.25) is 0 Å². The Morgan fingerprint density at radius 3 is 2.70 bits per heavy atom. The van der Waals surface area contributed by atoms with E-state index in [1.165, 1.54) is 19.0 Å². The number of nitrogens with one attached hydrogen (secondary N) is 1. The van der Waals surface area contributed by atoms with Crippen molar-refractivity contribution in [2.75, 3.05) is 5.73 Å². The molecule has 2 heterocycles. The highest BCUT2D eigenvalue weighted by molar-refractivity contribution is 5.98. The quantitative estimate of drug-likeness (QED) is 0.886. The fourth-order valence-corrected chi connectivity index (χ4v) is 2.56. The Kier molecular flexibility index (Phi) is 3.37. The molecule has 1 aliphatic carbocycles. The van der Waals surface area contributed by atoms with Crippen molar-refractivity contribution >= 4 is 11.7 Å². The van der Waals surface area contributed by atoms with Crippen molar-refractivity contribution in [2.45, 2.75) is 31.7 Å². The minimum Gasteiger partial charge on any atom is -0.383 e. The summed E-state index contributed by atoms with van der Waals surface area (Å²) in [5.74, 6) is 0.210. The second kappa shape index (κ2) is 5.32. The fraction of sp³-hybridized carbons (Fsp3) is 0.357. The standard InChI is InChI=1S/C14H17N5O/c15-13-12(14(20)18-10-3-1-2-4-10)9-17-19(13)11-5-7-16-8-6-11/h5-10H,1-4,15H2,(H,18,20). The van der Waals surface area contributed by atoms with E-state index in [0.717, 1.165) is 18.5 Å². The number of anilines is 1. The summed E-state index contributed by atoms with van der Waals surface area (Å²) in [6.45, 7) is 0. The molecule has 6 nitrogen and oxygen atoms in total. The molecule has 2 aromatic rings. The van der Waals surface area contributed by atoms with E-state index < -0.39 is 0 Å². The zero-order valence-corrected chi connectivity index (χ0v) is 11.1. The summed E-state index contributed by atoms with van der Waals surface area (Å²) < 4.78 is 1.55. The minimum atomic E-state index is -0.144. The third-order valence-corrected chi connectivity index (χ3v) is 3.65. The van der Waals surface area contributed by atoms with Gasteiger partial charge in [-0.05, 0) is 25.0 Å². The highest BCUT2D eigenvalue weighted by Crippen LogP contribution is 2.20. The molecule has 6 heteroatoms. The lowest BCUT2D eigenvalue weighted by molar-refractivity contribution is 0.0939. The van der Waals surface area contributed by atoms with E-state index in [2.05, 4.69) is 15.4 Å². The molecule has 0 spiro atoms. The van der Waals surface area contributed by atoms with Crippen molar-refractivity contribution in [3.63, 3.8) is 0 Å². The Bertz CT molecular complexity index is 601. The van der Waals surface area contributed by atoms with Crippen molar-refractivity contribution in [3.05, 3.63) is 36.3 Å². The SMILES string of the molecule is Nc1c(C(=O)NC2CCCC2)cnn1-c1ccncc1. The molecule has 3 N–H and O–H groups in total. The van der Waals surface area contributed by atoms with Crippen LogP contribution in [0.3, 0.4) is 0 Å². The zero-order valence-electron chi connectivity index (χ0n) is 11.1. The van der Waals surface area contributed by atoms with Crippen molar-refractivity contribution in [3.8, 4) is 5.69 Å². The number of nitrogens with zero attached hydrogens (tertiary/aromatic N) is 3. The first-order chi connectivity index (χ1) is 9.75. The van der Waals surface area contributed by atoms with Crippen LogP contribution in [0, 0.1) is 0 Å². The monoisotopic (exact) mass is 271 g/mol. The Morgan fingerprint density at radius 2 is 2.00 bits per heavy atom. The Balaban J connectivity index is 1.81. The number of amides is 1. The van der Waals surface area contributed by atoms with Crippen LogP contribution >= 0.6 is 0 Å². The van der Waals surface area contributed by atoms with Crippen LogP contribution in [0.5, 0.6) is 0 Å². The number of carbonyl (C=O) groups excluding carboxylic acids is 1. The van der Waals surface area contributed by atoms with Gasteiger partial charge in [-0.25, -0.2) is 4.68 Å². The number of nitrogen functional groups attached to an aromatic ring is 1. The third-order valence-electron chi connectivity index (χ3n) is 3.65. The van der Waals surface area contributed by atoms with E-state index in [0.29, 0.717) is 11.4 Å². The average molecular weight is 271 g/mol. The number of pyridine rings is 1. The molecule has 0 aromatic carbocycles. The normalized spacial score (nSPS) is 15.4. The number of nitrogens with two attached hydrogens (primary N) is 1. The van der Waals surface area contributed by atoms with Gasteiger partial charge in [0.2, 0.25) is 0 Å². The van der Waals surface area contributed by atoms with E-state index >= 15 is 0 Å². The number of carbonyl (C=O) groups is 1. The second-order valence-corrected chi connectivity index (χ2v) is 5.02. The van der Waals surface area contributed by atoms with Gasteiger partial charge in [0, 0.05) is 18.4 Å². The minimum absolute atomic E-state index is 0.144. The molecule has 1 aliphatic rings. The molecule has 20 heavy (non-hydrogen) atoms. The first-order valence-electron chi connectivity index (χ1n) is 6.80. The van der Waals surface area contributed by atoms with Gasteiger partial charge in [-0.15, -0.1) is 0 Å². The van der Waals surface area contributed by atoms with Crippen LogP contribution < -0.4 is 11.1 Å². The maximum atomic E-state index is 12.2. The summed E-state index contributed by atoms with van der Waals surface area (Å²) >= 11 is 0. The second-order valence-electron chi connectivity index (χ2n) is 5.02. The Labute approximate surface area is 117 Å². The predicted octanol–water partition coefficient (Wildman–Crippen LogP) is 1.52. The van der Waals surface area contributed by atoms with Crippen LogP contribution in [-0.4, -0.2) is 26.7 Å². The third kappa shape index (κ3) is 2.36. The molecule has 0 atom stereocenters. The highest BCUT2D eigenvalue weighted by atomic mass is 16.1. The van der Waals surface area contributed by atoms with Crippen LogP contribution in [0.4, 0.5) is 5.82 Å². The lowest BCUT2D eigenvalue weighted by Gasteiger charge is -2.11. The smallest absolute Gasteiger partial charge is 0.256 e. The summed E-state index contributed by atoms with van der Waals surface area (Å²) in [4.78, 5) is 16.2. The highest BCUT2D eigenvalue weighted by Gasteiger charge is 2.21. The lowest BCUT2D eigenvalue weighted by Crippen LogP contribution is -2.32. The van der Waals surface area contributed by atoms with Gasteiger partial charge in [0.1, 0.15) is 11.4 Å². The molecule has 1 saturated carbocycles.